The van der Waals surface area contributed by atoms with Crippen molar-refractivity contribution in [1.29, 1.82) is 0 Å². The Kier molecular flexibility index (Phi) is 2.62. The van der Waals surface area contributed by atoms with Crippen LogP contribution in [0.4, 0.5) is 0 Å². The van der Waals surface area contributed by atoms with Crippen molar-refractivity contribution in [1.82, 2.24) is 0 Å². The molecular formula is C14H20. The van der Waals surface area contributed by atoms with Crippen LogP contribution < -0.4 is 0 Å². The molecule has 0 saturated heterocycles. The summed E-state index contributed by atoms with van der Waals surface area (Å²) in [7, 11) is 0. The van der Waals surface area contributed by atoms with Gasteiger partial charge in [0.2, 0.25) is 0 Å². The summed E-state index contributed by atoms with van der Waals surface area (Å²) in [5, 5.41) is 0. The predicted octanol–water partition coefficient (Wildman–Crippen LogP) is 4.12. The van der Waals surface area contributed by atoms with E-state index in [0.717, 1.165) is 0 Å². The van der Waals surface area contributed by atoms with Gasteiger partial charge < -0.3 is 0 Å². The van der Waals surface area contributed by atoms with Crippen LogP contribution in [0, 0.1) is 12.3 Å². The molecule has 0 unspecified atom stereocenters. The van der Waals surface area contributed by atoms with Gasteiger partial charge in [0.05, 0.1) is 0 Å². The van der Waals surface area contributed by atoms with E-state index >= 15 is 0 Å². The molecule has 2 rings (SSSR count). The summed E-state index contributed by atoms with van der Waals surface area (Å²) in [6, 6.07) is 8.98. The first-order chi connectivity index (χ1) is 6.68. The highest BCUT2D eigenvalue weighted by molar-refractivity contribution is 5.23. The van der Waals surface area contributed by atoms with Gasteiger partial charge in [0.1, 0.15) is 0 Å². The molecule has 0 nitrogen and oxygen atoms in total. The summed E-state index contributed by atoms with van der Waals surface area (Å²) in [5.74, 6) is 0. The van der Waals surface area contributed by atoms with Crippen molar-refractivity contribution in [2.24, 2.45) is 5.41 Å². The van der Waals surface area contributed by atoms with Crippen molar-refractivity contribution in [3.05, 3.63) is 35.4 Å². The van der Waals surface area contributed by atoms with Crippen LogP contribution in [0.3, 0.4) is 0 Å². The Morgan fingerprint density at radius 3 is 2.57 bits per heavy atom. The number of rotatable bonds is 2. The topological polar surface area (TPSA) is 0 Å². The van der Waals surface area contributed by atoms with Gasteiger partial charge in [-0.05, 0) is 37.2 Å². The van der Waals surface area contributed by atoms with Gasteiger partial charge in [0.25, 0.3) is 0 Å². The fourth-order valence-corrected chi connectivity index (χ4v) is 2.72. The molecule has 0 N–H and O–H groups in total. The molecule has 0 amide bonds. The summed E-state index contributed by atoms with van der Waals surface area (Å²) in [6.45, 7) is 4.63. The van der Waals surface area contributed by atoms with Crippen LogP contribution in [0.15, 0.2) is 24.3 Å². The van der Waals surface area contributed by atoms with E-state index < -0.39 is 0 Å². The van der Waals surface area contributed by atoms with E-state index in [1.54, 1.807) is 0 Å². The zero-order chi connectivity index (χ0) is 10.0. The van der Waals surface area contributed by atoms with Gasteiger partial charge in [0, 0.05) is 0 Å². The molecule has 0 aliphatic heterocycles. The number of hydrogen-bond acceptors (Lipinski definition) is 0. The van der Waals surface area contributed by atoms with Crippen LogP contribution >= 0.6 is 0 Å². The smallest absolute Gasteiger partial charge is 0.0225 e. The Labute approximate surface area is 87.3 Å². The highest BCUT2D eigenvalue weighted by atomic mass is 14.3. The molecule has 0 bridgehead atoms. The van der Waals surface area contributed by atoms with E-state index in [1.807, 2.05) is 0 Å². The summed E-state index contributed by atoms with van der Waals surface area (Å²) < 4.78 is 0. The average molecular weight is 188 g/mol. The van der Waals surface area contributed by atoms with Crippen molar-refractivity contribution in [2.45, 2.75) is 46.0 Å². The minimum Gasteiger partial charge on any atom is -0.0617 e. The molecule has 0 spiro atoms. The minimum absolute atomic E-state index is 0.591. The number of hydrogen-bond donors (Lipinski definition) is 0. The maximum atomic E-state index is 2.45. The van der Waals surface area contributed by atoms with Gasteiger partial charge >= 0.3 is 0 Å². The normalized spacial score (nSPS) is 19.9. The van der Waals surface area contributed by atoms with Crippen molar-refractivity contribution in [2.75, 3.05) is 0 Å². The van der Waals surface area contributed by atoms with E-state index in [4.69, 9.17) is 0 Å². The third kappa shape index (κ3) is 2.17. The number of aryl methyl sites for hydroxylation is 1. The third-order valence-electron chi connectivity index (χ3n) is 3.52. The van der Waals surface area contributed by atoms with Gasteiger partial charge in [-0.25, -0.2) is 0 Å². The van der Waals surface area contributed by atoms with Gasteiger partial charge in [-0.2, -0.15) is 0 Å². The zero-order valence-electron chi connectivity index (χ0n) is 9.34. The van der Waals surface area contributed by atoms with Crippen molar-refractivity contribution in [3.63, 3.8) is 0 Å². The molecule has 1 aliphatic carbocycles. The fraction of sp³-hybridized carbons (Fsp3) is 0.571. The standard InChI is InChI=1S/C14H20/c1-12-6-5-7-13(10-12)11-14(2)8-3-4-9-14/h5-7,10H,3-4,8-9,11H2,1-2H3. The molecule has 1 aromatic rings. The molecule has 1 fully saturated rings. The van der Waals surface area contributed by atoms with Crippen LogP contribution in [0.5, 0.6) is 0 Å². The summed E-state index contributed by atoms with van der Waals surface area (Å²) >= 11 is 0. The van der Waals surface area contributed by atoms with E-state index in [1.165, 1.54) is 43.2 Å². The first-order valence-electron chi connectivity index (χ1n) is 5.74. The van der Waals surface area contributed by atoms with Gasteiger partial charge in [-0.15, -0.1) is 0 Å². The van der Waals surface area contributed by atoms with Crippen LogP contribution in [0.25, 0.3) is 0 Å². The van der Waals surface area contributed by atoms with Crippen LogP contribution in [-0.4, -0.2) is 0 Å². The second kappa shape index (κ2) is 3.76. The first kappa shape index (κ1) is 9.76. The fourth-order valence-electron chi connectivity index (χ4n) is 2.72. The SMILES string of the molecule is Cc1cccc(CC2(C)CCCC2)c1. The van der Waals surface area contributed by atoms with Crippen molar-refractivity contribution >= 4 is 0 Å². The van der Waals surface area contributed by atoms with Crippen molar-refractivity contribution in [3.8, 4) is 0 Å². The van der Waals surface area contributed by atoms with Crippen LogP contribution in [0.1, 0.15) is 43.7 Å². The second-order valence-corrected chi connectivity index (χ2v) is 5.18. The Balaban J connectivity index is 2.10. The lowest BCUT2D eigenvalue weighted by molar-refractivity contribution is 0.334. The molecule has 0 atom stereocenters. The zero-order valence-corrected chi connectivity index (χ0v) is 9.34. The molecule has 0 radical (unpaired) electrons. The Morgan fingerprint density at radius 2 is 1.93 bits per heavy atom. The quantitative estimate of drug-likeness (QED) is 0.655. The van der Waals surface area contributed by atoms with Gasteiger partial charge in [-0.1, -0.05) is 49.6 Å². The lowest BCUT2D eigenvalue weighted by atomic mass is 9.82. The lowest BCUT2D eigenvalue weighted by Gasteiger charge is -2.23. The van der Waals surface area contributed by atoms with E-state index in [2.05, 4.69) is 38.1 Å². The Bertz CT molecular complexity index is 306. The first-order valence-corrected chi connectivity index (χ1v) is 5.74. The maximum Gasteiger partial charge on any atom is -0.0225 e. The van der Waals surface area contributed by atoms with Crippen LogP contribution in [-0.2, 0) is 6.42 Å². The van der Waals surface area contributed by atoms with E-state index in [9.17, 15) is 0 Å². The molecule has 1 aliphatic rings. The molecule has 1 aromatic carbocycles. The Hall–Kier alpha value is -0.780. The molecular weight excluding hydrogens is 168 g/mol. The van der Waals surface area contributed by atoms with Gasteiger partial charge in [0.15, 0.2) is 0 Å². The summed E-state index contributed by atoms with van der Waals surface area (Å²) in [6.07, 6.45) is 6.97. The minimum atomic E-state index is 0.591. The van der Waals surface area contributed by atoms with E-state index in [-0.39, 0.29) is 0 Å². The third-order valence-corrected chi connectivity index (χ3v) is 3.52. The monoisotopic (exact) mass is 188 g/mol. The summed E-state index contributed by atoms with van der Waals surface area (Å²) in [4.78, 5) is 0. The molecule has 0 aromatic heterocycles. The molecule has 14 heavy (non-hydrogen) atoms. The largest absolute Gasteiger partial charge is 0.0617 e. The van der Waals surface area contributed by atoms with Crippen molar-refractivity contribution < 1.29 is 0 Å². The molecule has 0 heteroatoms. The van der Waals surface area contributed by atoms with E-state index in [0.29, 0.717) is 5.41 Å². The predicted molar refractivity (Wildman–Crippen MR) is 61.5 cm³/mol. The van der Waals surface area contributed by atoms with Gasteiger partial charge in [-0.3, -0.25) is 0 Å². The molecule has 76 valence electrons. The summed E-state index contributed by atoms with van der Waals surface area (Å²) in [5.41, 5.74) is 3.51. The Morgan fingerprint density at radius 1 is 1.21 bits per heavy atom. The molecule has 1 saturated carbocycles. The number of benzene rings is 1. The maximum absolute atomic E-state index is 2.45. The van der Waals surface area contributed by atoms with Crippen LogP contribution in [0.2, 0.25) is 0 Å². The molecule has 0 heterocycles. The lowest BCUT2D eigenvalue weighted by Crippen LogP contribution is -2.14. The second-order valence-electron chi connectivity index (χ2n) is 5.18. The highest BCUT2D eigenvalue weighted by Gasteiger charge is 2.28. The average Bonchev–Trinajstić information content (AvgIpc) is 2.51. The highest BCUT2D eigenvalue weighted by Crippen LogP contribution is 2.40.